The molecule has 3 aromatic carbocycles. The van der Waals surface area contributed by atoms with Gasteiger partial charge < -0.3 is 14.4 Å². The van der Waals surface area contributed by atoms with Gasteiger partial charge in [0.05, 0.1) is 13.7 Å². The minimum atomic E-state index is 0.730. The highest BCUT2D eigenvalue weighted by Gasteiger charge is 2.06. The fraction of sp³-hybridized carbons (Fsp3) is 0.308. The molecular weight excluding hydrogens is 358 g/mol. The summed E-state index contributed by atoms with van der Waals surface area (Å²) in [6.07, 6.45) is 3.03. The summed E-state index contributed by atoms with van der Waals surface area (Å²) >= 11 is 0. The first kappa shape index (κ1) is 20.9. The van der Waals surface area contributed by atoms with E-state index in [9.17, 15) is 0 Å². The summed E-state index contributed by atoms with van der Waals surface area (Å²) in [7, 11) is 5.88. The molecule has 3 heteroatoms. The van der Waals surface area contributed by atoms with Crippen LogP contribution in [0.25, 0.3) is 11.1 Å². The van der Waals surface area contributed by atoms with Gasteiger partial charge in [0.2, 0.25) is 0 Å². The van der Waals surface area contributed by atoms with Crippen LogP contribution in [0.3, 0.4) is 0 Å². The van der Waals surface area contributed by atoms with Gasteiger partial charge in [-0.2, -0.15) is 0 Å². The van der Waals surface area contributed by atoms with E-state index in [1.165, 1.54) is 16.7 Å². The maximum absolute atomic E-state index is 6.06. The summed E-state index contributed by atoms with van der Waals surface area (Å²) < 4.78 is 11.4. The van der Waals surface area contributed by atoms with Crippen molar-refractivity contribution in [1.29, 1.82) is 0 Å². The summed E-state index contributed by atoms with van der Waals surface area (Å²) in [5.41, 5.74) is 4.97. The number of nitrogens with zero attached hydrogens (tertiary/aromatic N) is 1. The molecule has 29 heavy (non-hydrogen) atoms. The SMILES string of the molecule is COc1cccc(CCc2ccc(-c3ccccc3OCCCN(C)C)cc2)c1. The largest absolute Gasteiger partial charge is 0.497 e. The van der Waals surface area contributed by atoms with E-state index < -0.39 is 0 Å². The number of hydrogen-bond acceptors (Lipinski definition) is 3. The monoisotopic (exact) mass is 389 g/mol. The van der Waals surface area contributed by atoms with Crippen molar-refractivity contribution in [1.82, 2.24) is 4.90 Å². The second kappa shape index (κ2) is 10.7. The summed E-state index contributed by atoms with van der Waals surface area (Å²) in [4.78, 5) is 2.18. The summed E-state index contributed by atoms with van der Waals surface area (Å²) in [5, 5.41) is 0. The lowest BCUT2D eigenvalue weighted by molar-refractivity contribution is 0.282. The molecule has 0 aliphatic heterocycles. The zero-order valence-corrected chi connectivity index (χ0v) is 17.7. The maximum Gasteiger partial charge on any atom is 0.127 e. The van der Waals surface area contributed by atoms with Crippen LogP contribution in [0.1, 0.15) is 17.5 Å². The zero-order chi connectivity index (χ0) is 20.5. The van der Waals surface area contributed by atoms with Gasteiger partial charge in [0.1, 0.15) is 11.5 Å². The van der Waals surface area contributed by atoms with Crippen molar-refractivity contribution in [2.75, 3.05) is 34.4 Å². The van der Waals surface area contributed by atoms with Gasteiger partial charge in [-0.15, -0.1) is 0 Å². The predicted molar refractivity (Wildman–Crippen MR) is 121 cm³/mol. The standard InChI is InChI=1S/C26H31NO2/c1-27(2)18-7-19-29-26-11-5-4-10-25(26)23-16-14-21(15-17-23)12-13-22-8-6-9-24(20-22)28-3/h4-6,8-11,14-17,20H,7,12-13,18-19H2,1-3H3. The van der Waals surface area contributed by atoms with Crippen LogP contribution in [-0.2, 0) is 12.8 Å². The van der Waals surface area contributed by atoms with Crippen molar-refractivity contribution in [3.8, 4) is 22.6 Å². The predicted octanol–water partition coefficient (Wildman–Crippen LogP) is 5.48. The molecule has 3 nitrogen and oxygen atoms in total. The molecule has 0 aliphatic rings. The van der Waals surface area contributed by atoms with Crippen LogP contribution in [0.2, 0.25) is 0 Å². The van der Waals surface area contributed by atoms with E-state index >= 15 is 0 Å². The van der Waals surface area contributed by atoms with Crippen LogP contribution in [0, 0.1) is 0 Å². The number of rotatable bonds is 10. The third-order valence-corrected chi connectivity index (χ3v) is 5.00. The van der Waals surface area contributed by atoms with E-state index in [0.717, 1.165) is 49.5 Å². The maximum atomic E-state index is 6.06. The number of ether oxygens (including phenoxy) is 2. The highest BCUT2D eigenvalue weighted by atomic mass is 16.5. The molecule has 0 N–H and O–H groups in total. The quantitative estimate of drug-likeness (QED) is 0.429. The van der Waals surface area contributed by atoms with Crippen LogP contribution in [-0.4, -0.2) is 39.3 Å². The van der Waals surface area contributed by atoms with Crippen molar-refractivity contribution in [2.24, 2.45) is 0 Å². The van der Waals surface area contributed by atoms with E-state index in [1.807, 2.05) is 18.2 Å². The van der Waals surface area contributed by atoms with Crippen molar-refractivity contribution in [3.05, 3.63) is 83.9 Å². The Morgan fingerprint density at radius 3 is 2.31 bits per heavy atom. The van der Waals surface area contributed by atoms with Gasteiger partial charge in [0, 0.05) is 12.1 Å². The molecule has 0 saturated heterocycles. The van der Waals surface area contributed by atoms with E-state index in [0.29, 0.717) is 0 Å². The molecule has 0 aliphatic carbocycles. The summed E-state index contributed by atoms with van der Waals surface area (Å²) in [5.74, 6) is 1.87. The van der Waals surface area contributed by atoms with Gasteiger partial charge >= 0.3 is 0 Å². The number of benzene rings is 3. The van der Waals surface area contributed by atoms with Crippen LogP contribution in [0.4, 0.5) is 0 Å². The molecule has 0 heterocycles. The Labute approximate surface area is 174 Å². The molecule has 152 valence electrons. The Morgan fingerprint density at radius 2 is 1.55 bits per heavy atom. The minimum Gasteiger partial charge on any atom is -0.497 e. The lowest BCUT2D eigenvalue weighted by Gasteiger charge is -2.14. The fourth-order valence-corrected chi connectivity index (χ4v) is 3.36. The Bertz CT molecular complexity index is 887. The minimum absolute atomic E-state index is 0.730. The van der Waals surface area contributed by atoms with Gasteiger partial charge in [0.15, 0.2) is 0 Å². The molecule has 0 fully saturated rings. The third kappa shape index (κ3) is 6.37. The van der Waals surface area contributed by atoms with E-state index in [1.54, 1.807) is 7.11 Å². The number of para-hydroxylation sites is 1. The van der Waals surface area contributed by atoms with Crippen molar-refractivity contribution >= 4 is 0 Å². The lowest BCUT2D eigenvalue weighted by atomic mass is 10.00. The second-order valence-electron chi connectivity index (χ2n) is 7.55. The van der Waals surface area contributed by atoms with Gasteiger partial charge in [0.25, 0.3) is 0 Å². The Kier molecular flexibility index (Phi) is 7.71. The molecule has 0 radical (unpaired) electrons. The van der Waals surface area contributed by atoms with E-state index in [-0.39, 0.29) is 0 Å². The molecule has 0 unspecified atom stereocenters. The average Bonchev–Trinajstić information content (AvgIpc) is 2.76. The van der Waals surface area contributed by atoms with Gasteiger partial charge in [-0.3, -0.25) is 0 Å². The van der Waals surface area contributed by atoms with Crippen molar-refractivity contribution in [3.63, 3.8) is 0 Å². The molecule has 0 spiro atoms. The molecule has 3 aromatic rings. The molecular formula is C26H31NO2. The molecule has 0 amide bonds. The van der Waals surface area contributed by atoms with E-state index in [4.69, 9.17) is 9.47 Å². The Balaban J connectivity index is 1.62. The highest BCUT2D eigenvalue weighted by Crippen LogP contribution is 2.30. The fourth-order valence-electron chi connectivity index (χ4n) is 3.36. The first-order valence-electron chi connectivity index (χ1n) is 10.2. The van der Waals surface area contributed by atoms with Gasteiger partial charge in [-0.25, -0.2) is 0 Å². The number of aryl methyl sites for hydroxylation is 2. The topological polar surface area (TPSA) is 21.7 Å². The van der Waals surface area contributed by atoms with Crippen molar-refractivity contribution in [2.45, 2.75) is 19.3 Å². The van der Waals surface area contributed by atoms with Crippen LogP contribution < -0.4 is 9.47 Å². The Morgan fingerprint density at radius 1 is 0.793 bits per heavy atom. The Hall–Kier alpha value is -2.78. The highest BCUT2D eigenvalue weighted by molar-refractivity contribution is 5.70. The lowest BCUT2D eigenvalue weighted by Crippen LogP contribution is -2.15. The van der Waals surface area contributed by atoms with Crippen molar-refractivity contribution < 1.29 is 9.47 Å². The van der Waals surface area contributed by atoms with Crippen LogP contribution in [0.5, 0.6) is 11.5 Å². The molecule has 0 atom stereocenters. The van der Waals surface area contributed by atoms with Gasteiger partial charge in [-0.05, 0) is 68.2 Å². The number of methoxy groups -OCH3 is 1. The third-order valence-electron chi connectivity index (χ3n) is 5.00. The molecule has 0 bridgehead atoms. The first-order valence-corrected chi connectivity index (χ1v) is 10.2. The van der Waals surface area contributed by atoms with Gasteiger partial charge in [-0.1, -0.05) is 54.6 Å². The number of hydrogen-bond donors (Lipinski definition) is 0. The second-order valence-corrected chi connectivity index (χ2v) is 7.55. The van der Waals surface area contributed by atoms with E-state index in [2.05, 4.69) is 73.6 Å². The first-order chi connectivity index (χ1) is 14.2. The smallest absolute Gasteiger partial charge is 0.127 e. The zero-order valence-electron chi connectivity index (χ0n) is 17.7. The molecule has 0 aromatic heterocycles. The van der Waals surface area contributed by atoms with Crippen LogP contribution >= 0.6 is 0 Å². The summed E-state index contributed by atoms with van der Waals surface area (Å²) in [6.45, 7) is 1.76. The normalized spacial score (nSPS) is 10.9. The molecule has 3 rings (SSSR count). The van der Waals surface area contributed by atoms with Crippen LogP contribution in [0.15, 0.2) is 72.8 Å². The average molecular weight is 390 g/mol. The molecule has 0 saturated carbocycles. The summed E-state index contributed by atoms with van der Waals surface area (Å²) in [6, 6.07) is 25.4.